The average molecular weight is 368 g/mol. The third-order valence-corrected chi connectivity index (χ3v) is 6.81. The van der Waals surface area contributed by atoms with Gasteiger partial charge in [-0.1, -0.05) is 37.3 Å². The topological polar surface area (TPSA) is 78.5 Å². The minimum absolute atomic E-state index is 0.00912. The molecule has 6 nitrogen and oxygen atoms in total. The number of nitrogens with one attached hydrogen (secondary N) is 2. The number of sulfonamides is 1. The molecule has 1 aliphatic heterocycles. The summed E-state index contributed by atoms with van der Waals surface area (Å²) in [6.07, 6.45) is 1.01. The molecule has 0 bridgehead atoms. The van der Waals surface area contributed by atoms with Crippen molar-refractivity contribution in [3.8, 4) is 0 Å². The molecule has 1 heterocycles. The van der Waals surface area contributed by atoms with Gasteiger partial charge in [0.1, 0.15) is 0 Å². The molecule has 1 fully saturated rings. The standard InChI is InChI=1S/C18H29N3O3S/c1-3-19-12-13-20-17(22)18(16-8-6-5-7-9-16)10-14-21(15-11-18)25(23,24)4-2/h5-9,19H,3-4,10-15H2,1-2H3,(H,20,22). The molecule has 2 rings (SSSR count). The van der Waals surface area contributed by atoms with Crippen LogP contribution in [-0.4, -0.2) is 57.1 Å². The Hall–Kier alpha value is -1.44. The Bertz CT molecular complexity index is 653. The molecule has 0 spiro atoms. The maximum Gasteiger partial charge on any atom is 0.230 e. The summed E-state index contributed by atoms with van der Waals surface area (Å²) in [4.78, 5) is 13.0. The Morgan fingerprint density at radius 2 is 1.76 bits per heavy atom. The number of carbonyl (C=O) groups excluding carboxylic acids is 1. The molecule has 0 aromatic heterocycles. The number of nitrogens with zero attached hydrogens (tertiary/aromatic N) is 1. The molecule has 1 aliphatic rings. The number of rotatable bonds is 8. The van der Waals surface area contributed by atoms with Crippen molar-refractivity contribution in [1.29, 1.82) is 0 Å². The predicted molar refractivity (Wildman–Crippen MR) is 99.9 cm³/mol. The van der Waals surface area contributed by atoms with Crippen molar-refractivity contribution in [3.63, 3.8) is 0 Å². The van der Waals surface area contributed by atoms with E-state index in [9.17, 15) is 13.2 Å². The molecule has 0 saturated carbocycles. The van der Waals surface area contributed by atoms with Crippen molar-refractivity contribution in [2.75, 3.05) is 38.5 Å². The van der Waals surface area contributed by atoms with Gasteiger partial charge in [-0.15, -0.1) is 0 Å². The van der Waals surface area contributed by atoms with Crippen molar-refractivity contribution in [2.24, 2.45) is 0 Å². The largest absolute Gasteiger partial charge is 0.354 e. The zero-order valence-electron chi connectivity index (χ0n) is 15.1. The number of likely N-dealkylation sites (N-methyl/N-ethyl adjacent to an activating group) is 1. The van der Waals surface area contributed by atoms with Gasteiger partial charge in [-0.05, 0) is 31.9 Å². The highest BCUT2D eigenvalue weighted by atomic mass is 32.2. The molecule has 1 saturated heterocycles. The van der Waals surface area contributed by atoms with Crippen LogP contribution in [0.5, 0.6) is 0 Å². The van der Waals surface area contributed by atoms with E-state index in [-0.39, 0.29) is 11.7 Å². The molecule has 2 N–H and O–H groups in total. The highest BCUT2D eigenvalue weighted by molar-refractivity contribution is 7.89. The molecule has 1 aromatic rings. The van der Waals surface area contributed by atoms with Gasteiger partial charge in [-0.2, -0.15) is 0 Å². The fourth-order valence-electron chi connectivity index (χ4n) is 3.34. The first-order chi connectivity index (χ1) is 12.0. The van der Waals surface area contributed by atoms with Crippen LogP contribution in [0.25, 0.3) is 0 Å². The zero-order chi connectivity index (χ0) is 18.3. The number of benzene rings is 1. The van der Waals surface area contributed by atoms with E-state index < -0.39 is 15.4 Å². The number of hydrogen-bond donors (Lipinski definition) is 2. The van der Waals surface area contributed by atoms with Crippen LogP contribution in [0.15, 0.2) is 30.3 Å². The molecular weight excluding hydrogens is 338 g/mol. The predicted octanol–water partition coefficient (Wildman–Crippen LogP) is 1.10. The Kier molecular flexibility index (Phi) is 6.98. The molecule has 1 aromatic carbocycles. The second kappa shape index (κ2) is 8.78. The monoisotopic (exact) mass is 367 g/mol. The molecule has 140 valence electrons. The average Bonchev–Trinajstić information content (AvgIpc) is 2.65. The second-order valence-electron chi connectivity index (χ2n) is 6.36. The van der Waals surface area contributed by atoms with E-state index in [1.165, 1.54) is 4.31 Å². The van der Waals surface area contributed by atoms with Gasteiger partial charge in [0.15, 0.2) is 0 Å². The van der Waals surface area contributed by atoms with Gasteiger partial charge in [0, 0.05) is 26.2 Å². The van der Waals surface area contributed by atoms with Crippen molar-refractivity contribution in [2.45, 2.75) is 32.1 Å². The summed E-state index contributed by atoms with van der Waals surface area (Å²) in [5.41, 5.74) is 0.303. The molecule has 0 atom stereocenters. The fourth-order valence-corrected chi connectivity index (χ4v) is 4.45. The molecule has 0 aliphatic carbocycles. The van der Waals surface area contributed by atoms with Gasteiger partial charge in [0.2, 0.25) is 15.9 Å². The van der Waals surface area contributed by atoms with E-state index in [1.807, 2.05) is 37.3 Å². The lowest BCUT2D eigenvalue weighted by atomic mass is 9.72. The van der Waals surface area contributed by atoms with Crippen LogP contribution in [0.4, 0.5) is 0 Å². The summed E-state index contributed by atoms with van der Waals surface area (Å²) in [5.74, 6) is 0.0883. The summed E-state index contributed by atoms with van der Waals surface area (Å²) in [7, 11) is -3.21. The van der Waals surface area contributed by atoms with Crippen LogP contribution < -0.4 is 10.6 Å². The lowest BCUT2D eigenvalue weighted by Crippen LogP contribution is -2.53. The third kappa shape index (κ3) is 4.59. The molecule has 0 radical (unpaired) electrons. The van der Waals surface area contributed by atoms with Crippen molar-refractivity contribution in [3.05, 3.63) is 35.9 Å². The van der Waals surface area contributed by atoms with E-state index in [2.05, 4.69) is 10.6 Å². The maximum absolute atomic E-state index is 13.0. The maximum atomic E-state index is 13.0. The third-order valence-electron chi connectivity index (χ3n) is 4.93. The molecular formula is C18H29N3O3S. The minimum atomic E-state index is -3.21. The van der Waals surface area contributed by atoms with E-state index >= 15 is 0 Å². The quantitative estimate of drug-likeness (QED) is 0.675. The van der Waals surface area contributed by atoms with Gasteiger partial charge in [0.25, 0.3) is 0 Å². The van der Waals surface area contributed by atoms with Gasteiger partial charge in [-0.3, -0.25) is 4.79 Å². The number of hydrogen-bond acceptors (Lipinski definition) is 4. The van der Waals surface area contributed by atoms with Gasteiger partial charge in [-0.25, -0.2) is 12.7 Å². The normalized spacial score (nSPS) is 18.0. The van der Waals surface area contributed by atoms with Gasteiger partial charge in [0.05, 0.1) is 11.2 Å². The van der Waals surface area contributed by atoms with Gasteiger partial charge >= 0.3 is 0 Å². The van der Waals surface area contributed by atoms with Crippen LogP contribution in [0.3, 0.4) is 0 Å². The van der Waals surface area contributed by atoms with Crippen LogP contribution in [0, 0.1) is 0 Å². The summed E-state index contributed by atoms with van der Waals surface area (Å²) >= 11 is 0. The Balaban J connectivity index is 2.17. The van der Waals surface area contributed by atoms with E-state index in [0.29, 0.717) is 32.5 Å². The summed E-state index contributed by atoms with van der Waals surface area (Å²) in [5, 5.41) is 6.22. The summed E-state index contributed by atoms with van der Waals surface area (Å²) in [6.45, 7) is 6.60. The van der Waals surface area contributed by atoms with Crippen LogP contribution in [0.2, 0.25) is 0 Å². The highest BCUT2D eigenvalue weighted by Gasteiger charge is 2.44. The zero-order valence-corrected chi connectivity index (χ0v) is 15.9. The number of carbonyl (C=O) groups is 1. The first kappa shape index (κ1) is 19.9. The molecule has 0 unspecified atom stereocenters. The lowest BCUT2D eigenvalue weighted by Gasteiger charge is -2.40. The molecule has 25 heavy (non-hydrogen) atoms. The van der Waals surface area contributed by atoms with E-state index in [4.69, 9.17) is 0 Å². The minimum Gasteiger partial charge on any atom is -0.354 e. The van der Waals surface area contributed by atoms with Crippen LogP contribution in [-0.2, 0) is 20.2 Å². The van der Waals surface area contributed by atoms with Crippen molar-refractivity contribution in [1.82, 2.24) is 14.9 Å². The fraction of sp³-hybridized carbons (Fsp3) is 0.611. The summed E-state index contributed by atoms with van der Waals surface area (Å²) in [6, 6.07) is 9.72. The smallest absolute Gasteiger partial charge is 0.230 e. The number of piperidine rings is 1. The van der Waals surface area contributed by atoms with E-state index in [1.54, 1.807) is 6.92 Å². The highest BCUT2D eigenvalue weighted by Crippen LogP contribution is 2.36. The Morgan fingerprint density at radius 1 is 1.12 bits per heavy atom. The molecule has 1 amide bonds. The SMILES string of the molecule is CCNCCNC(=O)C1(c2ccccc2)CCN(S(=O)(=O)CC)CC1. The van der Waals surface area contributed by atoms with Crippen LogP contribution in [0.1, 0.15) is 32.3 Å². The molecule has 7 heteroatoms. The first-order valence-electron chi connectivity index (χ1n) is 8.98. The van der Waals surface area contributed by atoms with Crippen LogP contribution >= 0.6 is 0 Å². The van der Waals surface area contributed by atoms with Crippen molar-refractivity contribution >= 4 is 15.9 Å². The Morgan fingerprint density at radius 3 is 2.32 bits per heavy atom. The Labute approximate surface area is 151 Å². The van der Waals surface area contributed by atoms with Crippen molar-refractivity contribution < 1.29 is 13.2 Å². The van der Waals surface area contributed by atoms with E-state index in [0.717, 1.165) is 18.7 Å². The summed E-state index contributed by atoms with van der Waals surface area (Å²) < 4.78 is 25.8. The lowest BCUT2D eigenvalue weighted by molar-refractivity contribution is -0.128. The second-order valence-corrected chi connectivity index (χ2v) is 8.61. The number of amides is 1. The first-order valence-corrected chi connectivity index (χ1v) is 10.6. The van der Waals surface area contributed by atoms with Gasteiger partial charge < -0.3 is 10.6 Å².